The molecule has 2 aromatic rings. The molecule has 1 unspecified atom stereocenters. The summed E-state index contributed by atoms with van der Waals surface area (Å²) in [7, 11) is -3.48. The molecule has 1 N–H and O–H groups in total. The Kier molecular flexibility index (Phi) is 5.13. The zero-order valence-electron chi connectivity index (χ0n) is 13.6. The largest absolute Gasteiger partial charge is 0.371 e. The number of anilines is 1. The van der Waals surface area contributed by atoms with E-state index in [1.807, 2.05) is 0 Å². The quantitative estimate of drug-likeness (QED) is 0.884. The number of benzene rings is 2. The molecule has 0 saturated carbocycles. The zero-order valence-corrected chi connectivity index (χ0v) is 15.1. The van der Waals surface area contributed by atoms with E-state index < -0.39 is 10.0 Å². The highest BCUT2D eigenvalue weighted by atomic mass is 35.5. The standard InChI is InChI=1S/C18H21ClN2O2S/c1-14-3-2-4-17(11-14)21-10-9-15(13-21)12-20-24(22,23)18-7-5-16(19)6-8-18/h2-8,11,15,20H,9-10,12-13H2,1H3. The lowest BCUT2D eigenvalue weighted by Crippen LogP contribution is -2.31. The first kappa shape index (κ1) is 17.3. The number of hydrogen-bond donors (Lipinski definition) is 1. The Bertz CT molecular complexity index is 806. The fourth-order valence-electron chi connectivity index (χ4n) is 2.98. The smallest absolute Gasteiger partial charge is 0.240 e. The summed E-state index contributed by atoms with van der Waals surface area (Å²) in [4.78, 5) is 2.56. The van der Waals surface area contributed by atoms with E-state index in [1.54, 1.807) is 12.1 Å². The molecule has 0 aliphatic carbocycles. The molecule has 1 aliphatic heterocycles. The first-order valence-corrected chi connectivity index (χ1v) is 9.87. The molecule has 0 aromatic heterocycles. The molecule has 3 rings (SSSR count). The van der Waals surface area contributed by atoms with Gasteiger partial charge in [-0.2, -0.15) is 0 Å². The normalized spacial score (nSPS) is 18.1. The highest BCUT2D eigenvalue weighted by Crippen LogP contribution is 2.24. The Hall–Kier alpha value is -1.56. The van der Waals surface area contributed by atoms with Crippen molar-refractivity contribution in [1.82, 2.24) is 4.72 Å². The van der Waals surface area contributed by atoms with Crippen LogP contribution in [0.1, 0.15) is 12.0 Å². The summed E-state index contributed by atoms with van der Waals surface area (Å²) in [6.45, 7) is 4.36. The van der Waals surface area contributed by atoms with Crippen molar-refractivity contribution < 1.29 is 8.42 Å². The number of halogens is 1. The van der Waals surface area contributed by atoms with Gasteiger partial charge in [0.2, 0.25) is 10.0 Å². The molecular weight excluding hydrogens is 344 g/mol. The maximum absolute atomic E-state index is 12.3. The van der Waals surface area contributed by atoms with Gasteiger partial charge in [-0.05, 0) is 61.2 Å². The fraction of sp³-hybridized carbons (Fsp3) is 0.333. The lowest BCUT2D eigenvalue weighted by molar-refractivity contribution is 0.541. The summed E-state index contributed by atoms with van der Waals surface area (Å²) in [5.41, 5.74) is 2.44. The number of nitrogens with zero attached hydrogens (tertiary/aromatic N) is 1. The predicted octanol–water partition coefficient (Wildman–Crippen LogP) is 3.45. The molecule has 1 atom stereocenters. The molecule has 0 bridgehead atoms. The van der Waals surface area contributed by atoms with E-state index in [0.717, 1.165) is 19.5 Å². The third kappa shape index (κ3) is 4.09. The monoisotopic (exact) mass is 364 g/mol. The van der Waals surface area contributed by atoms with Gasteiger partial charge in [0.25, 0.3) is 0 Å². The van der Waals surface area contributed by atoms with Gasteiger partial charge < -0.3 is 4.90 Å². The molecule has 24 heavy (non-hydrogen) atoms. The Labute approximate surface area is 148 Å². The highest BCUT2D eigenvalue weighted by Gasteiger charge is 2.24. The van der Waals surface area contributed by atoms with Gasteiger partial charge in [-0.3, -0.25) is 0 Å². The van der Waals surface area contributed by atoms with Gasteiger partial charge >= 0.3 is 0 Å². The maximum atomic E-state index is 12.3. The van der Waals surface area contributed by atoms with Crippen molar-refractivity contribution in [3.05, 3.63) is 59.1 Å². The van der Waals surface area contributed by atoms with Crippen LogP contribution in [-0.4, -0.2) is 28.1 Å². The Morgan fingerprint density at radius 1 is 1.21 bits per heavy atom. The van der Waals surface area contributed by atoms with Crippen molar-refractivity contribution in [3.63, 3.8) is 0 Å². The third-order valence-electron chi connectivity index (χ3n) is 4.34. The molecule has 0 spiro atoms. The summed E-state index contributed by atoms with van der Waals surface area (Å²) in [5.74, 6) is 0.313. The first-order valence-electron chi connectivity index (χ1n) is 8.01. The molecule has 1 saturated heterocycles. The van der Waals surface area contributed by atoms with Crippen molar-refractivity contribution in [2.24, 2.45) is 5.92 Å². The Morgan fingerprint density at radius 2 is 1.96 bits per heavy atom. The van der Waals surface area contributed by atoms with Crippen molar-refractivity contribution >= 4 is 27.3 Å². The van der Waals surface area contributed by atoms with Gasteiger partial charge in [-0.15, -0.1) is 0 Å². The second-order valence-electron chi connectivity index (χ2n) is 6.25. The van der Waals surface area contributed by atoms with Crippen molar-refractivity contribution in [1.29, 1.82) is 0 Å². The summed E-state index contributed by atoms with van der Waals surface area (Å²) >= 11 is 5.81. The van der Waals surface area contributed by atoms with Crippen LogP contribution in [0.2, 0.25) is 5.02 Å². The van der Waals surface area contributed by atoms with E-state index in [-0.39, 0.29) is 4.90 Å². The van der Waals surface area contributed by atoms with Crippen LogP contribution in [0.15, 0.2) is 53.4 Å². The predicted molar refractivity (Wildman–Crippen MR) is 98.1 cm³/mol. The highest BCUT2D eigenvalue weighted by molar-refractivity contribution is 7.89. The number of hydrogen-bond acceptors (Lipinski definition) is 3. The van der Waals surface area contributed by atoms with Crippen LogP contribution in [0.4, 0.5) is 5.69 Å². The van der Waals surface area contributed by atoms with Crippen LogP contribution in [0, 0.1) is 12.8 Å². The zero-order chi connectivity index (χ0) is 17.2. The van der Waals surface area contributed by atoms with Crippen molar-refractivity contribution in [2.75, 3.05) is 24.5 Å². The van der Waals surface area contributed by atoms with Gasteiger partial charge in [0, 0.05) is 30.3 Å². The second-order valence-corrected chi connectivity index (χ2v) is 8.45. The van der Waals surface area contributed by atoms with Gasteiger partial charge in [0.15, 0.2) is 0 Å². The summed E-state index contributed by atoms with van der Waals surface area (Å²) in [6, 6.07) is 14.6. The summed E-state index contributed by atoms with van der Waals surface area (Å²) < 4.78 is 27.4. The average Bonchev–Trinajstić information content (AvgIpc) is 3.03. The lowest BCUT2D eigenvalue weighted by atomic mass is 10.1. The minimum atomic E-state index is -3.48. The second kappa shape index (κ2) is 7.13. The lowest BCUT2D eigenvalue weighted by Gasteiger charge is -2.19. The average molecular weight is 365 g/mol. The van der Waals surface area contributed by atoms with E-state index >= 15 is 0 Å². The Morgan fingerprint density at radius 3 is 2.67 bits per heavy atom. The van der Waals surface area contributed by atoms with E-state index in [0.29, 0.717) is 17.5 Å². The molecule has 1 heterocycles. The van der Waals surface area contributed by atoms with Gasteiger partial charge in [-0.25, -0.2) is 13.1 Å². The third-order valence-corrected chi connectivity index (χ3v) is 6.03. The topological polar surface area (TPSA) is 49.4 Å². The fourth-order valence-corrected chi connectivity index (χ4v) is 4.23. The van der Waals surface area contributed by atoms with Gasteiger partial charge in [0.05, 0.1) is 4.90 Å². The van der Waals surface area contributed by atoms with Crippen LogP contribution >= 0.6 is 11.6 Å². The van der Waals surface area contributed by atoms with Crippen LogP contribution in [0.25, 0.3) is 0 Å². The van der Waals surface area contributed by atoms with Crippen molar-refractivity contribution in [3.8, 4) is 0 Å². The van der Waals surface area contributed by atoms with E-state index in [9.17, 15) is 8.42 Å². The van der Waals surface area contributed by atoms with Crippen LogP contribution in [0.5, 0.6) is 0 Å². The minimum absolute atomic E-state index is 0.250. The molecule has 0 amide bonds. The Balaban J connectivity index is 1.59. The number of sulfonamides is 1. The van der Waals surface area contributed by atoms with Crippen LogP contribution < -0.4 is 9.62 Å². The SMILES string of the molecule is Cc1cccc(N2CCC(CNS(=O)(=O)c3ccc(Cl)cc3)C2)c1. The molecule has 2 aromatic carbocycles. The minimum Gasteiger partial charge on any atom is -0.371 e. The number of nitrogens with one attached hydrogen (secondary N) is 1. The molecule has 4 nitrogen and oxygen atoms in total. The summed E-state index contributed by atoms with van der Waals surface area (Å²) in [6.07, 6.45) is 0.983. The van der Waals surface area contributed by atoms with Crippen LogP contribution in [0.3, 0.4) is 0 Å². The summed E-state index contributed by atoms with van der Waals surface area (Å²) in [5, 5.41) is 0.526. The van der Waals surface area contributed by atoms with E-state index in [2.05, 4.69) is 40.8 Å². The van der Waals surface area contributed by atoms with Gasteiger partial charge in [-0.1, -0.05) is 23.7 Å². The molecule has 1 aliphatic rings. The molecule has 1 fully saturated rings. The number of aryl methyl sites for hydroxylation is 1. The maximum Gasteiger partial charge on any atom is 0.240 e. The van der Waals surface area contributed by atoms with E-state index in [1.165, 1.54) is 23.4 Å². The first-order chi connectivity index (χ1) is 11.4. The van der Waals surface area contributed by atoms with Gasteiger partial charge in [0.1, 0.15) is 0 Å². The molecular formula is C18H21ClN2O2S. The van der Waals surface area contributed by atoms with Crippen molar-refractivity contribution in [2.45, 2.75) is 18.2 Å². The molecule has 6 heteroatoms. The number of rotatable bonds is 5. The van der Waals surface area contributed by atoms with Crippen LogP contribution in [-0.2, 0) is 10.0 Å². The molecule has 0 radical (unpaired) electrons. The molecule has 128 valence electrons. The van der Waals surface area contributed by atoms with E-state index in [4.69, 9.17) is 11.6 Å².